The van der Waals surface area contributed by atoms with E-state index in [2.05, 4.69) is 54.1 Å². The number of hydrogen-bond donors (Lipinski definition) is 7. The van der Waals surface area contributed by atoms with Crippen molar-refractivity contribution < 1.29 is 24.0 Å². The zero-order valence-electron chi connectivity index (χ0n) is 26.6. The van der Waals surface area contributed by atoms with Gasteiger partial charge in [0, 0.05) is 59.5 Å². The highest BCUT2D eigenvalue weighted by Crippen LogP contribution is 2.23. The fourth-order valence-electron chi connectivity index (χ4n) is 4.70. The minimum absolute atomic E-state index is 0.0768. The van der Waals surface area contributed by atoms with Crippen LogP contribution in [0.25, 0.3) is 0 Å². The molecule has 0 unspecified atom stereocenters. The van der Waals surface area contributed by atoms with E-state index in [1.165, 1.54) is 22.8 Å². The quantitative estimate of drug-likeness (QED) is 0.0494. The van der Waals surface area contributed by atoms with Crippen LogP contribution in [0.5, 0.6) is 0 Å². The fraction of sp³-hybridized carbons (Fsp3) is 0.200. The van der Waals surface area contributed by atoms with Gasteiger partial charge in [0.1, 0.15) is 22.8 Å². The van der Waals surface area contributed by atoms with Gasteiger partial charge in [0.25, 0.3) is 29.5 Å². The van der Waals surface area contributed by atoms with Gasteiger partial charge in [0.2, 0.25) is 0 Å². The molecule has 18 heteroatoms. The molecule has 4 aromatic heterocycles. The van der Waals surface area contributed by atoms with E-state index in [0.29, 0.717) is 22.8 Å². The van der Waals surface area contributed by atoms with Gasteiger partial charge in [-0.15, -0.1) is 0 Å². The maximum Gasteiger partial charge on any atom is 0.274 e. The van der Waals surface area contributed by atoms with Crippen molar-refractivity contribution >= 4 is 74.2 Å². The number of aromatic nitrogens is 4. The summed E-state index contributed by atoms with van der Waals surface area (Å²) in [6.45, 7) is 3.95. The first kappa shape index (κ1) is 34.8. The molecule has 0 saturated heterocycles. The normalized spacial score (nSPS) is 10.6. The van der Waals surface area contributed by atoms with Crippen molar-refractivity contribution in [1.29, 1.82) is 0 Å². The van der Waals surface area contributed by atoms with Gasteiger partial charge in [0.05, 0.1) is 33.8 Å². The largest absolute Gasteiger partial charge is 0.370 e. The monoisotopic (exact) mass is 722 g/mol. The summed E-state index contributed by atoms with van der Waals surface area (Å²) in [5.74, 6) is -2.43. The van der Waals surface area contributed by atoms with E-state index in [1.54, 1.807) is 72.7 Å². The molecule has 48 heavy (non-hydrogen) atoms. The highest BCUT2D eigenvalue weighted by Gasteiger charge is 2.22. The standard InChI is InChI=1S/C30H35BrN12O5/c1-16(31)25(44)36-17-11-22(42(4)13-17)27(46)37-18-12-23(43(5)14-18)28(47)39-20-6-9-40(2)24(20)29(48)38-19-10-21(41(3)15-19)26(45)34-7-8-35-30(32)33/h6,9-15H,1,7-8H2,2-5H3,(H,34,45)(H,36,44)(H,37,46)(H,38,48)(H,39,47)(H4,32,33,35). The number of hydrogen-bond acceptors (Lipinski definition) is 6. The van der Waals surface area contributed by atoms with Crippen molar-refractivity contribution in [3.8, 4) is 0 Å². The topological polar surface area (TPSA) is 230 Å². The van der Waals surface area contributed by atoms with Crippen LogP contribution in [0.4, 0.5) is 22.7 Å². The van der Waals surface area contributed by atoms with Gasteiger partial charge in [-0.25, -0.2) is 0 Å². The maximum absolute atomic E-state index is 13.3. The lowest BCUT2D eigenvalue weighted by Crippen LogP contribution is -2.29. The molecule has 0 spiro atoms. The molecule has 0 bridgehead atoms. The van der Waals surface area contributed by atoms with Gasteiger partial charge >= 0.3 is 0 Å². The van der Waals surface area contributed by atoms with Gasteiger partial charge in [-0.3, -0.25) is 29.0 Å². The second kappa shape index (κ2) is 14.6. The molecule has 4 aromatic rings. The first-order chi connectivity index (χ1) is 22.6. The first-order valence-electron chi connectivity index (χ1n) is 14.2. The van der Waals surface area contributed by atoms with Gasteiger partial charge in [-0.2, -0.15) is 0 Å². The van der Waals surface area contributed by atoms with Gasteiger partial charge in [-0.05, 0) is 40.2 Å². The number of nitrogens with two attached hydrogens (primary N) is 2. The van der Waals surface area contributed by atoms with E-state index in [9.17, 15) is 24.0 Å². The summed E-state index contributed by atoms with van der Waals surface area (Å²) >= 11 is 3.01. The molecule has 0 aromatic carbocycles. The Kier molecular flexibility index (Phi) is 10.6. The summed E-state index contributed by atoms with van der Waals surface area (Å²) in [5, 5.41) is 13.6. The third-order valence-electron chi connectivity index (χ3n) is 6.96. The Hall–Kier alpha value is -6.04. The number of amides is 5. The number of carbonyl (C=O) groups is 5. The van der Waals surface area contributed by atoms with E-state index in [0.717, 1.165) is 0 Å². The summed E-state index contributed by atoms with van der Waals surface area (Å²) in [7, 11) is 6.59. The highest BCUT2D eigenvalue weighted by molar-refractivity contribution is 9.12. The predicted molar refractivity (Wildman–Crippen MR) is 185 cm³/mol. The third-order valence-corrected chi connectivity index (χ3v) is 7.32. The van der Waals surface area contributed by atoms with E-state index >= 15 is 0 Å². The highest BCUT2D eigenvalue weighted by atomic mass is 79.9. The van der Waals surface area contributed by atoms with Crippen LogP contribution in [0.15, 0.2) is 65.1 Å². The number of aryl methyl sites for hydroxylation is 4. The second-order valence-electron chi connectivity index (χ2n) is 10.6. The summed E-state index contributed by atoms with van der Waals surface area (Å²) in [6.07, 6.45) is 6.34. The molecular weight excluding hydrogens is 688 g/mol. The lowest BCUT2D eigenvalue weighted by Gasteiger charge is -2.09. The van der Waals surface area contributed by atoms with Crippen molar-refractivity contribution in [3.05, 3.63) is 82.9 Å². The number of guanidine groups is 1. The van der Waals surface area contributed by atoms with Crippen LogP contribution in [0.3, 0.4) is 0 Å². The van der Waals surface area contributed by atoms with Crippen molar-refractivity contribution in [3.63, 3.8) is 0 Å². The zero-order chi connectivity index (χ0) is 35.3. The molecule has 0 aliphatic rings. The molecule has 0 atom stereocenters. The van der Waals surface area contributed by atoms with Crippen molar-refractivity contribution in [2.75, 3.05) is 34.4 Å². The predicted octanol–water partition coefficient (Wildman–Crippen LogP) is 1.65. The number of nitrogens with one attached hydrogen (secondary N) is 5. The second-order valence-corrected chi connectivity index (χ2v) is 11.6. The number of carbonyl (C=O) groups excluding carboxylic acids is 5. The number of aliphatic imine (C=N–C) groups is 1. The summed E-state index contributed by atoms with van der Waals surface area (Å²) < 4.78 is 6.32. The van der Waals surface area contributed by atoms with Gasteiger partial charge in [-0.1, -0.05) is 6.58 Å². The third kappa shape index (κ3) is 8.21. The Balaban J connectivity index is 1.42. The minimum Gasteiger partial charge on any atom is -0.370 e. The Morgan fingerprint density at radius 2 is 1.21 bits per heavy atom. The van der Waals surface area contributed by atoms with Crippen LogP contribution >= 0.6 is 15.9 Å². The Labute approximate surface area is 283 Å². The molecule has 4 heterocycles. The lowest BCUT2D eigenvalue weighted by molar-refractivity contribution is -0.112. The minimum atomic E-state index is -0.531. The molecule has 252 valence electrons. The van der Waals surface area contributed by atoms with Crippen LogP contribution in [0, 0.1) is 0 Å². The fourth-order valence-corrected chi connectivity index (χ4v) is 4.80. The molecule has 5 amide bonds. The average molecular weight is 724 g/mol. The van der Waals surface area contributed by atoms with Crippen molar-refractivity contribution in [1.82, 2.24) is 23.6 Å². The summed E-state index contributed by atoms with van der Waals surface area (Å²) in [6, 6.07) is 6.09. The SMILES string of the molecule is C=C(Br)C(=O)Nc1cc(C(=O)Nc2cc(C(=O)Nc3ccn(C)c3C(=O)Nc3cc(C(=O)NCCN=C(N)N)n(C)c3)n(C)c2)n(C)c1. The molecule has 17 nitrogen and oxygen atoms in total. The summed E-state index contributed by atoms with van der Waals surface area (Å²) in [5.41, 5.74) is 12.9. The van der Waals surface area contributed by atoms with Crippen LogP contribution in [-0.2, 0) is 33.0 Å². The van der Waals surface area contributed by atoms with E-state index < -0.39 is 23.6 Å². The van der Waals surface area contributed by atoms with Crippen molar-refractivity contribution in [2.45, 2.75) is 0 Å². The smallest absolute Gasteiger partial charge is 0.274 e. The van der Waals surface area contributed by atoms with Crippen molar-refractivity contribution in [2.24, 2.45) is 44.7 Å². The first-order valence-corrected chi connectivity index (χ1v) is 15.0. The summed E-state index contributed by atoms with van der Waals surface area (Å²) in [4.78, 5) is 68.0. The Bertz CT molecular complexity index is 1960. The molecule has 4 rings (SSSR count). The van der Waals surface area contributed by atoms with Crippen LogP contribution < -0.4 is 38.1 Å². The lowest BCUT2D eigenvalue weighted by atomic mass is 10.3. The Morgan fingerprint density at radius 1 is 0.729 bits per heavy atom. The van der Waals surface area contributed by atoms with E-state index in [4.69, 9.17) is 11.5 Å². The molecule has 0 radical (unpaired) electrons. The zero-order valence-corrected chi connectivity index (χ0v) is 28.1. The van der Waals surface area contributed by atoms with Crippen LogP contribution in [0.1, 0.15) is 42.0 Å². The van der Waals surface area contributed by atoms with Crippen LogP contribution in [0.2, 0.25) is 0 Å². The number of rotatable bonds is 12. The molecular formula is C30H35BrN12O5. The van der Waals surface area contributed by atoms with Gasteiger partial charge in [0.15, 0.2) is 5.96 Å². The molecule has 9 N–H and O–H groups in total. The molecule has 0 aliphatic carbocycles. The maximum atomic E-state index is 13.3. The average Bonchev–Trinajstić information content (AvgIpc) is 3.76. The Morgan fingerprint density at radius 3 is 1.73 bits per heavy atom. The molecule has 0 saturated carbocycles. The van der Waals surface area contributed by atoms with Crippen LogP contribution in [-0.4, -0.2) is 66.9 Å². The number of anilines is 4. The van der Waals surface area contributed by atoms with E-state index in [-0.39, 0.29) is 52.2 Å². The van der Waals surface area contributed by atoms with E-state index in [1.807, 2.05) is 0 Å². The molecule has 0 aliphatic heterocycles. The number of nitrogens with zero attached hydrogens (tertiary/aromatic N) is 5. The van der Waals surface area contributed by atoms with Gasteiger partial charge < -0.3 is 56.3 Å². The number of halogens is 1. The molecule has 0 fully saturated rings.